The lowest BCUT2D eigenvalue weighted by atomic mass is 10.1. The van der Waals surface area contributed by atoms with Crippen LogP contribution in [-0.4, -0.2) is 78.5 Å². The van der Waals surface area contributed by atoms with Crippen molar-refractivity contribution in [2.45, 2.75) is 0 Å². The van der Waals surface area contributed by atoms with Crippen LogP contribution in [0.5, 0.6) is 0 Å². The molecule has 0 unspecified atom stereocenters. The molecule has 0 spiro atoms. The Labute approximate surface area is 186 Å². The molecule has 1 N–H and O–H groups in total. The second-order valence-corrected chi connectivity index (χ2v) is 7.44. The van der Waals surface area contributed by atoms with Crippen LogP contribution in [0.4, 0.5) is 4.39 Å². The number of rotatable bonds is 4. The maximum absolute atomic E-state index is 14.6. The molecule has 1 fully saturated rings. The number of Topliss-reactive ketones (excluding diaryl/α,β-unsaturated/α-hetero) is 1. The fraction of sp³-hybridized carbons (Fsp3) is 0.182. The van der Waals surface area contributed by atoms with Crippen molar-refractivity contribution in [2.24, 2.45) is 0 Å². The topological polar surface area (TPSA) is 117 Å². The van der Waals surface area contributed by atoms with Crippen molar-refractivity contribution in [3.63, 3.8) is 0 Å². The number of piperazine rings is 1. The van der Waals surface area contributed by atoms with Crippen molar-refractivity contribution in [1.82, 2.24) is 34.8 Å². The van der Waals surface area contributed by atoms with Crippen LogP contribution in [0.3, 0.4) is 0 Å². The summed E-state index contributed by atoms with van der Waals surface area (Å²) < 4.78 is 15.9. The second-order valence-electron chi connectivity index (χ2n) is 7.44. The summed E-state index contributed by atoms with van der Waals surface area (Å²) in [4.78, 5) is 48.3. The molecule has 1 aliphatic carbocycles. The Morgan fingerprint density at radius 2 is 1.91 bits per heavy atom. The molecule has 164 valence electrons. The van der Waals surface area contributed by atoms with E-state index in [2.05, 4.69) is 26.4 Å². The molecule has 2 amide bonds. The van der Waals surface area contributed by atoms with Crippen molar-refractivity contribution >= 4 is 28.5 Å². The van der Waals surface area contributed by atoms with Gasteiger partial charge in [-0.1, -0.05) is 5.21 Å². The fourth-order valence-corrected chi connectivity index (χ4v) is 3.85. The van der Waals surface area contributed by atoms with Crippen LogP contribution in [0.1, 0.15) is 10.4 Å². The van der Waals surface area contributed by atoms with Crippen molar-refractivity contribution in [2.75, 3.05) is 26.2 Å². The van der Waals surface area contributed by atoms with E-state index in [1.165, 1.54) is 28.2 Å². The zero-order valence-corrected chi connectivity index (χ0v) is 17.2. The van der Waals surface area contributed by atoms with Crippen LogP contribution >= 0.6 is 0 Å². The van der Waals surface area contributed by atoms with Gasteiger partial charge in [-0.2, -0.15) is 0 Å². The number of ketones is 1. The maximum atomic E-state index is 14.6. The Morgan fingerprint density at radius 3 is 2.61 bits per heavy atom. The third-order valence-electron chi connectivity index (χ3n) is 5.53. The SMILES string of the molecule is O=C(C(=O)N1CCN(C(=O)C2=CC=C[C+]=C2)CC1)c1c[nH]c2c(-n3ccnn3)ncc(F)c12. The summed E-state index contributed by atoms with van der Waals surface area (Å²) in [6, 6.07) is 0. The number of nitrogens with zero attached hydrogens (tertiary/aromatic N) is 6. The number of allylic oxidation sites excluding steroid dienone is 4. The second kappa shape index (κ2) is 8.21. The number of H-pyrrole nitrogens is 1. The van der Waals surface area contributed by atoms with Crippen LogP contribution in [0.2, 0.25) is 0 Å². The first-order valence-electron chi connectivity index (χ1n) is 10.2. The van der Waals surface area contributed by atoms with Gasteiger partial charge in [-0.25, -0.2) is 14.1 Å². The summed E-state index contributed by atoms with van der Waals surface area (Å²) in [5, 5.41) is 7.51. The van der Waals surface area contributed by atoms with Gasteiger partial charge in [0.05, 0.1) is 41.1 Å². The van der Waals surface area contributed by atoms with E-state index < -0.39 is 17.5 Å². The molecule has 3 aromatic rings. The van der Waals surface area contributed by atoms with E-state index in [-0.39, 0.29) is 54.4 Å². The number of halogens is 1. The number of carbonyl (C=O) groups excluding carboxylic acids is 3. The Bertz CT molecular complexity index is 1350. The first-order valence-corrected chi connectivity index (χ1v) is 10.2. The molecule has 4 heterocycles. The lowest BCUT2D eigenvalue weighted by molar-refractivity contribution is -0.134. The fourth-order valence-electron chi connectivity index (χ4n) is 3.85. The summed E-state index contributed by atoms with van der Waals surface area (Å²) in [6.07, 6.45) is 14.9. The summed E-state index contributed by atoms with van der Waals surface area (Å²) in [6.45, 7) is 0.970. The van der Waals surface area contributed by atoms with Crippen molar-refractivity contribution < 1.29 is 18.8 Å². The molecular formula is C22H17FN7O3+. The minimum absolute atomic E-state index is 0.0389. The minimum atomic E-state index is -0.840. The van der Waals surface area contributed by atoms with Gasteiger partial charge >= 0.3 is 5.91 Å². The van der Waals surface area contributed by atoms with E-state index in [1.807, 2.05) is 0 Å². The molecule has 0 radical (unpaired) electrons. The molecule has 3 aromatic heterocycles. The first kappa shape index (κ1) is 20.4. The van der Waals surface area contributed by atoms with E-state index in [9.17, 15) is 18.8 Å². The number of hydrogen-bond acceptors (Lipinski definition) is 6. The molecule has 2 aliphatic rings. The number of hydrogen-bond donors (Lipinski definition) is 1. The number of pyridine rings is 1. The molecule has 10 nitrogen and oxygen atoms in total. The number of aromatic amines is 1. The monoisotopic (exact) mass is 446 g/mol. The van der Waals surface area contributed by atoms with Gasteiger partial charge in [-0.05, 0) is 0 Å². The van der Waals surface area contributed by atoms with Crippen molar-refractivity contribution in [3.8, 4) is 5.82 Å². The molecule has 11 heteroatoms. The van der Waals surface area contributed by atoms with Gasteiger partial charge in [-0.15, -0.1) is 5.10 Å². The van der Waals surface area contributed by atoms with Crippen LogP contribution < -0.4 is 0 Å². The number of fused-ring (bicyclic) bond motifs is 1. The third kappa shape index (κ3) is 3.60. The average Bonchev–Trinajstić information content (AvgIpc) is 3.55. The Kier molecular flexibility index (Phi) is 5.08. The largest absolute Gasteiger partial charge is 0.357 e. The highest BCUT2D eigenvalue weighted by atomic mass is 19.1. The van der Waals surface area contributed by atoms with E-state index in [0.29, 0.717) is 5.57 Å². The number of amides is 2. The van der Waals surface area contributed by atoms with Crippen molar-refractivity contribution in [1.29, 1.82) is 0 Å². The van der Waals surface area contributed by atoms with E-state index >= 15 is 0 Å². The van der Waals surface area contributed by atoms with Gasteiger partial charge in [0.25, 0.3) is 11.7 Å². The minimum Gasteiger partial charge on any atom is -0.357 e. The number of aromatic nitrogens is 5. The highest BCUT2D eigenvalue weighted by Gasteiger charge is 2.32. The summed E-state index contributed by atoms with van der Waals surface area (Å²) >= 11 is 0. The van der Waals surface area contributed by atoms with Crippen LogP contribution in [0, 0.1) is 11.9 Å². The van der Waals surface area contributed by atoms with Gasteiger partial charge in [0, 0.05) is 44.5 Å². The van der Waals surface area contributed by atoms with Crippen LogP contribution in [0.15, 0.2) is 54.7 Å². The molecule has 0 saturated carbocycles. The smallest absolute Gasteiger partial charge is 0.311 e. The van der Waals surface area contributed by atoms with E-state index in [0.717, 1.165) is 6.20 Å². The van der Waals surface area contributed by atoms with E-state index in [4.69, 9.17) is 0 Å². The zero-order valence-electron chi connectivity index (χ0n) is 17.2. The van der Waals surface area contributed by atoms with Gasteiger partial charge in [0.2, 0.25) is 0 Å². The number of carbonyl (C=O) groups is 3. The molecule has 5 rings (SSSR count). The Balaban J connectivity index is 1.33. The van der Waals surface area contributed by atoms with Crippen LogP contribution in [-0.2, 0) is 9.59 Å². The van der Waals surface area contributed by atoms with E-state index in [1.54, 1.807) is 29.2 Å². The average molecular weight is 446 g/mol. The zero-order chi connectivity index (χ0) is 22.9. The standard InChI is InChI=1S/C22H16FN7O3/c23-16-13-25-20(30-7-6-26-27-30)18-17(16)15(12-24-18)19(31)22(33)29-10-8-28(9-11-29)21(32)14-4-2-1-3-5-14/h1-2,4-7,12-13H,8-11H2/p+1. The molecule has 0 bridgehead atoms. The molecule has 0 aromatic carbocycles. The predicted molar refractivity (Wildman–Crippen MR) is 113 cm³/mol. The highest BCUT2D eigenvalue weighted by molar-refractivity contribution is 6.45. The van der Waals surface area contributed by atoms with Gasteiger partial charge in [-0.3, -0.25) is 14.4 Å². The Morgan fingerprint density at radius 1 is 1.12 bits per heavy atom. The molecule has 0 atom stereocenters. The molecule has 1 aliphatic heterocycles. The molecule has 33 heavy (non-hydrogen) atoms. The quantitative estimate of drug-likeness (QED) is 0.363. The number of nitrogens with one attached hydrogen (secondary N) is 1. The van der Waals surface area contributed by atoms with Crippen molar-refractivity contribution in [3.05, 3.63) is 72.1 Å². The summed E-state index contributed by atoms with van der Waals surface area (Å²) in [5.41, 5.74) is 0.653. The normalized spacial score (nSPS) is 15.5. The maximum Gasteiger partial charge on any atom is 0.311 e. The lowest BCUT2D eigenvalue weighted by Gasteiger charge is -2.33. The van der Waals surface area contributed by atoms with Gasteiger partial charge < -0.3 is 14.8 Å². The lowest BCUT2D eigenvalue weighted by Crippen LogP contribution is -2.52. The molecular weight excluding hydrogens is 429 g/mol. The van der Waals surface area contributed by atoms with Gasteiger partial charge in [0.1, 0.15) is 12.2 Å². The Hall–Kier alpha value is -4.50. The third-order valence-corrected chi connectivity index (χ3v) is 5.53. The molecule has 1 saturated heterocycles. The summed E-state index contributed by atoms with van der Waals surface area (Å²) in [7, 11) is 0. The van der Waals surface area contributed by atoms with Gasteiger partial charge in [0.15, 0.2) is 17.2 Å². The summed E-state index contributed by atoms with van der Waals surface area (Å²) in [5.74, 6) is -2.23. The predicted octanol–water partition coefficient (Wildman–Crippen LogP) is 0.992. The first-order chi connectivity index (χ1) is 16.0. The van der Waals surface area contributed by atoms with Crippen LogP contribution in [0.25, 0.3) is 16.7 Å². The highest BCUT2D eigenvalue weighted by Crippen LogP contribution is 2.26.